The maximum absolute atomic E-state index is 13.7. The van der Waals surface area contributed by atoms with Crippen LogP contribution in [0.3, 0.4) is 0 Å². The van der Waals surface area contributed by atoms with Gasteiger partial charge in [0.1, 0.15) is 17.7 Å². The Hall–Kier alpha value is -3.17. The number of amides is 3. The Morgan fingerprint density at radius 2 is 1.73 bits per heavy atom. The number of carbonyl (C=O) groups is 3. The van der Waals surface area contributed by atoms with Crippen molar-refractivity contribution in [3.63, 3.8) is 0 Å². The van der Waals surface area contributed by atoms with E-state index in [4.69, 9.17) is 5.73 Å². The molecule has 1 heterocycles. The molecule has 0 saturated carbocycles. The average molecular weight is 459 g/mol. The lowest BCUT2D eigenvalue weighted by molar-refractivity contribution is -0.160. The predicted octanol–water partition coefficient (Wildman–Crippen LogP) is 2.11. The van der Waals surface area contributed by atoms with E-state index in [0.717, 1.165) is 17.7 Å². The summed E-state index contributed by atoms with van der Waals surface area (Å²) in [5.74, 6) is -5.06. The van der Waals surface area contributed by atoms with Crippen LogP contribution in [0.25, 0.3) is 0 Å². The molecule has 7 nitrogen and oxygen atoms in total. The highest BCUT2D eigenvalue weighted by atomic mass is 19.1. The number of hydrogen-bond acceptors (Lipinski definition) is 5. The van der Waals surface area contributed by atoms with Gasteiger partial charge in [0.2, 0.25) is 11.8 Å². The fraction of sp³-hybridized carbons (Fsp3) is 0.375. The molecule has 2 aromatic rings. The summed E-state index contributed by atoms with van der Waals surface area (Å²) in [6.45, 7) is 1.78. The molecular formula is C24H27F2N3O4. The van der Waals surface area contributed by atoms with Crippen LogP contribution in [-0.4, -0.2) is 58.3 Å². The summed E-state index contributed by atoms with van der Waals surface area (Å²) in [6, 6.07) is 8.74. The van der Waals surface area contributed by atoms with E-state index >= 15 is 0 Å². The topological polar surface area (TPSA) is 104 Å². The van der Waals surface area contributed by atoms with Crippen LogP contribution in [0.1, 0.15) is 42.9 Å². The molecule has 0 aliphatic carbocycles. The van der Waals surface area contributed by atoms with Gasteiger partial charge in [-0.3, -0.25) is 19.3 Å². The Bertz CT molecular complexity index is 1010. The highest BCUT2D eigenvalue weighted by molar-refractivity contribution is 6.04. The normalized spacial score (nSPS) is 20.7. The van der Waals surface area contributed by atoms with Crippen molar-refractivity contribution in [3.05, 3.63) is 71.3 Å². The second-order valence-electron chi connectivity index (χ2n) is 8.30. The lowest BCUT2D eigenvalue weighted by atomic mass is 9.86. The van der Waals surface area contributed by atoms with Gasteiger partial charge in [-0.25, -0.2) is 8.78 Å². The average Bonchev–Trinajstić information content (AvgIpc) is 2.92. The third-order valence-electron chi connectivity index (χ3n) is 5.82. The molecule has 3 N–H and O–H groups in total. The third kappa shape index (κ3) is 5.26. The molecule has 176 valence electrons. The molecule has 2 aromatic carbocycles. The van der Waals surface area contributed by atoms with Gasteiger partial charge in [0.15, 0.2) is 6.10 Å². The molecule has 0 bridgehead atoms. The molecule has 1 saturated heterocycles. The summed E-state index contributed by atoms with van der Waals surface area (Å²) in [7, 11) is 1.57. The van der Waals surface area contributed by atoms with E-state index in [0.29, 0.717) is 30.4 Å². The first-order valence-corrected chi connectivity index (χ1v) is 10.7. The smallest absolute Gasteiger partial charge is 0.263 e. The Balaban J connectivity index is 2.12. The van der Waals surface area contributed by atoms with Crippen molar-refractivity contribution in [1.82, 2.24) is 9.80 Å². The van der Waals surface area contributed by atoms with Crippen LogP contribution in [0.4, 0.5) is 8.78 Å². The molecule has 0 aromatic heterocycles. The van der Waals surface area contributed by atoms with Gasteiger partial charge in [0.05, 0.1) is 6.04 Å². The molecular weight excluding hydrogens is 432 g/mol. The number of likely N-dealkylation sites (N-methyl/N-ethyl adjacent to an activating group) is 1. The van der Waals surface area contributed by atoms with Crippen LogP contribution in [0.5, 0.6) is 0 Å². The number of aliphatic hydroxyl groups is 1. The summed E-state index contributed by atoms with van der Waals surface area (Å²) in [5.41, 5.74) is 6.18. The maximum atomic E-state index is 13.7. The third-order valence-corrected chi connectivity index (χ3v) is 5.82. The molecule has 3 rings (SSSR count). The monoisotopic (exact) mass is 459 g/mol. The van der Waals surface area contributed by atoms with Crippen molar-refractivity contribution in [2.45, 2.75) is 43.9 Å². The largest absolute Gasteiger partial charge is 0.378 e. The number of nitrogens with two attached hydrogens (primary N) is 1. The zero-order chi connectivity index (χ0) is 24.3. The van der Waals surface area contributed by atoms with Crippen molar-refractivity contribution < 1.29 is 28.3 Å². The molecule has 0 radical (unpaired) electrons. The lowest BCUT2D eigenvalue weighted by Crippen LogP contribution is -2.58. The van der Waals surface area contributed by atoms with Crippen LogP contribution >= 0.6 is 0 Å². The Morgan fingerprint density at radius 1 is 1.12 bits per heavy atom. The fourth-order valence-electron chi connectivity index (χ4n) is 4.16. The van der Waals surface area contributed by atoms with E-state index in [1.54, 1.807) is 37.4 Å². The van der Waals surface area contributed by atoms with Gasteiger partial charge in [-0.1, -0.05) is 30.3 Å². The second kappa shape index (κ2) is 10.2. The molecule has 3 amide bonds. The number of imide groups is 1. The van der Waals surface area contributed by atoms with E-state index < -0.39 is 53.5 Å². The maximum Gasteiger partial charge on any atom is 0.263 e. The minimum atomic E-state index is -2.07. The molecule has 9 heteroatoms. The molecule has 0 spiro atoms. The zero-order valence-corrected chi connectivity index (χ0v) is 18.4. The summed E-state index contributed by atoms with van der Waals surface area (Å²) in [6.07, 6.45) is -0.953. The zero-order valence-electron chi connectivity index (χ0n) is 18.4. The van der Waals surface area contributed by atoms with Crippen molar-refractivity contribution in [1.29, 1.82) is 0 Å². The molecule has 4 atom stereocenters. The summed E-state index contributed by atoms with van der Waals surface area (Å²) in [4.78, 5) is 42.1. The molecule has 0 unspecified atom stereocenters. The fourth-order valence-corrected chi connectivity index (χ4v) is 4.16. The van der Waals surface area contributed by atoms with Crippen LogP contribution in [0, 0.1) is 11.6 Å². The minimum Gasteiger partial charge on any atom is -0.378 e. The number of nitrogens with zero attached hydrogens (tertiary/aromatic N) is 2. The number of carbonyl (C=O) groups excluding carboxylic acids is 3. The van der Waals surface area contributed by atoms with Gasteiger partial charge >= 0.3 is 0 Å². The van der Waals surface area contributed by atoms with E-state index in [1.165, 1.54) is 11.8 Å². The quantitative estimate of drug-likeness (QED) is 0.713. The number of rotatable bonds is 5. The van der Waals surface area contributed by atoms with Gasteiger partial charge in [-0.05, 0) is 43.0 Å². The first-order chi connectivity index (χ1) is 15.6. The number of benzene rings is 2. The highest BCUT2D eigenvalue weighted by Crippen LogP contribution is 2.34. The van der Waals surface area contributed by atoms with Crippen LogP contribution in [-0.2, 0) is 14.4 Å². The Labute approximate surface area is 190 Å². The van der Waals surface area contributed by atoms with Crippen molar-refractivity contribution in [2.75, 3.05) is 13.6 Å². The number of halogens is 2. The SMILES string of the molecule is C[C@H](N)C(=O)N(C(=O)[C@@H](O)c1cc(F)cc(F)c1)[C@@H]1C(=O)N(C)CCC[C@H]1c1ccccc1. The molecule has 1 aliphatic rings. The van der Waals surface area contributed by atoms with Gasteiger partial charge in [-0.15, -0.1) is 0 Å². The second-order valence-corrected chi connectivity index (χ2v) is 8.30. The standard InChI is InChI=1S/C24H27F2N3O4/c1-14(27)22(31)29(24(33)21(30)16-11-17(25)13-18(26)12-16)20-19(15-7-4-3-5-8-15)9-6-10-28(2)23(20)32/h3-5,7-8,11-14,19-21,30H,6,9-10,27H2,1-2H3/t14-,19-,20-,21-/m0/s1. The van der Waals surface area contributed by atoms with Gasteiger partial charge in [0, 0.05) is 25.6 Å². The van der Waals surface area contributed by atoms with Crippen molar-refractivity contribution in [2.24, 2.45) is 5.73 Å². The van der Waals surface area contributed by atoms with Crippen molar-refractivity contribution >= 4 is 17.7 Å². The first-order valence-electron chi connectivity index (χ1n) is 10.7. The van der Waals surface area contributed by atoms with E-state index in [2.05, 4.69) is 0 Å². The van der Waals surface area contributed by atoms with Gasteiger partial charge in [0.25, 0.3) is 5.91 Å². The van der Waals surface area contributed by atoms with Crippen LogP contribution in [0.2, 0.25) is 0 Å². The molecule has 33 heavy (non-hydrogen) atoms. The highest BCUT2D eigenvalue weighted by Gasteiger charge is 2.45. The minimum absolute atomic E-state index is 0.370. The summed E-state index contributed by atoms with van der Waals surface area (Å²) in [5, 5.41) is 10.7. The summed E-state index contributed by atoms with van der Waals surface area (Å²) >= 11 is 0. The Morgan fingerprint density at radius 3 is 2.30 bits per heavy atom. The van der Waals surface area contributed by atoms with Crippen LogP contribution < -0.4 is 5.73 Å². The Kier molecular flexibility index (Phi) is 7.55. The summed E-state index contributed by atoms with van der Waals surface area (Å²) < 4.78 is 27.4. The van der Waals surface area contributed by atoms with Gasteiger partial charge < -0.3 is 15.7 Å². The molecule has 1 aliphatic heterocycles. The van der Waals surface area contributed by atoms with E-state index in [9.17, 15) is 28.3 Å². The van der Waals surface area contributed by atoms with E-state index in [-0.39, 0.29) is 5.56 Å². The van der Waals surface area contributed by atoms with E-state index in [1.807, 2.05) is 0 Å². The predicted molar refractivity (Wildman–Crippen MR) is 117 cm³/mol. The first kappa shape index (κ1) is 24.5. The molecule has 1 fully saturated rings. The number of hydrogen-bond donors (Lipinski definition) is 2. The van der Waals surface area contributed by atoms with Crippen molar-refractivity contribution in [3.8, 4) is 0 Å². The lowest BCUT2D eigenvalue weighted by Gasteiger charge is -2.36. The number of aliphatic hydroxyl groups excluding tert-OH is 1. The van der Waals surface area contributed by atoms with Crippen LogP contribution in [0.15, 0.2) is 48.5 Å². The van der Waals surface area contributed by atoms with Gasteiger partial charge in [-0.2, -0.15) is 0 Å². The number of likely N-dealkylation sites (tertiary alicyclic amines) is 1.